The molecule has 78 valence electrons. The highest BCUT2D eigenvalue weighted by Crippen LogP contribution is 2.09. The van der Waals surface area contributed by atoms with E-state index in [2.05, 4.69) is 4.74 Å². The van der Waals surface area contributed by atoms with Crippen molar-refractivity contribution in [1.29, 1.82) is 0 Å². The molecule has 0 saturated carbocycles. The molecule has 0 bridgehead atoms. The zero-order valence-electron chi connectivity index (χ0n) is 7.07. The fraction of sp³-hybridized carbons (Fsp3) is 0.375. The largest absolute Gasteiger partial charge is 0.475 e. The lowest BCUT2D eigenvalue weighted by Gasteiger charge is -1.99. The summed E-state index contributed by atoms with van der Waals surface area (Å²) in [5, 5.41) is 8.46. The molecule has 1 aromatic rings. The van der Waals surface area contributed by atoms with Crippen LogP contribution in [0.15, 0.2) is 16.5 Å². The van der Waals surface area contributed by atoms with E-state index >= 15 is 0 Å². The highest BCUT2D eigenvalue weighted by atomic mass is 19.3. The van der Waals surface area contributed by atoms with Crippen molar-refractivity contribution in [1.82, 2.24) is 0 Å². The Balaban J connectivity index is 2.40. The first-order chi connectivity index (χ1) is 6.59. The molecule has 0 amide bonds. The van der Waals surface area contributed by atoms with E-state index in [9.17, 15) is 13.6 Å². The van der Waals surface area contributed by atoms with Gasteiger partial charge in [-0.3, -0.25) is 0 Å². The minimum absolute atomic E-state index is 0.155. The van der Waals surface area contributed by atoms with E-state index in [0.717, 1.165) is 0 Å². The van der Waals surface area contributed by atoms with Gasteiger partial charge in [-0.15, -0.1) is 0 Å². The molecule has 0 unspecified atom stereocenters. The standard InChI is InChI=1S/C8H8F2O4/c9-7(10)4-13-3-5-1-2-6(14-5)8(11)12/h1-2,7H,3-4H2,(H,11,12). The third-order valence-corrected chi connectivity index (χ3v) is 1.36. The van der Waals surface area contributed by atoms with Crippen LogP contribution < -0.4 is 0 Å². The first-order valence-electron chi connectivity index (χ1n) is 3.77. The highest BCUT2D eigenvalue weighted by molar-refractivity contribution is 5.84. The molecule has 0 aliphatic rings. The van der Waals surface area contributed by atoms with E-state index in [1.165, 1.54) is 12.1 Å². The second-order valence-corrected chi connectivity index (χ2v) is 2.48. The van der Waals surface area contributed by atoms with Gasteiger partial charge in [0.1, 0.15) is 19.0 Å². The normalized spacial score (nSPS) is 10.8. The van der Waals surface area contributed by atoms with Gasteiger partial charge in [-0.25, -0.2) is 13.6 Å². The monoisotopic (exact) mass is 206 g/mol. The first-order valence-corrected chi connectivity index (χ1v) is 3.77. The maximum absolute atomic E-state index is 11.6. The fourth-order valence-corrected chi connectivity index (χ4v) is 0.819. The Morgan fingerprint density at radius 2 is 2.29 bits per heavy atom. The third-order valence-electron chi connectivity index (χ3n) is 1.36. The molecule has 0 spiro atoms. The Morgan fingerprint density at radius 3 is 2.79 bits per heavy atom. The van der Waals surface area contributed by atoms with Crippen LogP contribution in [0.3, 0.4) is 0 Å². The van der Waals surface area contributed by atoms with Crippen LogP contribution in [0, 0.1) is 0 Å². The van der Waals surface area contributed by atoms with Crippen molar-refractivity contribution >= 4 is 5.97 Å². The summed E-state index contributed by atoms with van der Waals surface area (Å²) in [7, 11) is 0. The van der Waals surface area contributed by atoms with Crippen molar-refractivity contribution in [3.8, 4) is 0 Å². The van der Waals surface area contributed by atoms with Gasteiger partial charge < -0.3 is 14.3 Å². The molecule has 1 N–H and O–H groups in total. The summed E-state index contributed by atoms with van der Waals surface area (Å²) < 4.78 is 32.5. The molecule has 0 fully saturated rings. The van der Waals surface area contributed by atoms with Crippen LogP contribution in [-0.4, -0.2) is 24.1 Å². The van der Waals surface area contributed by atoms with Crippen molar-refractivity contribution < 1.29 is 27.8 Å². The average Bonchev–Trinajstić information content (AvgIpc) is 2.52. The zero-order chi connectivity index (χ0) is 10.6. The van der Waals surface area contributed by atoms with Crippen LogP contribution in [0.4, 0.5) is 8.78 Å². The van der Waals surface area contributed by atoms with Crippen LogP contribution in [0.5, 0.6) is 0 Å². The fourth-order valence-electron chi connectivity index (χ4n) is 0.819. The summed E-state index contributed by atoms with van der Waals surface area (Å²) in [5.41, 5.74) is 0. The lowest BCUT2D eigenvalue weighted by atomic mass is 10.4. The summed E-state index contributed by atoms with van der Waals surface area (Å²) in [5.74, 6) is -1.23. The van der Waals surface area contributed by atoms with Crippen LogP contribution in [0.2, 0.25) is 0 Å². The van der Waals surface area contributed by atoms with E-state index in [1.807, 2.05) is 0 Å². The Labute approximate surface area is 78.1 Å². The number of hydrogen-bond donors (Lipinski definition) is 1. The molecule has 0 aliphatic heterocycles. The van der Waals surface area contributed by atoms with Crippen molar-refractivity contribution in [2.75, 3.05) is 6.61 Å². The van der Waals surface area contributed by atoms with Gasteiger partial charge in [0, 0.05) is 0 Å². The van der Waals surface area contributed by atoms with Gasteiger partial charge in [0.25, 0.3) is 6.43 Å². The van der Waals surface area contributed by atoms with Crippen LogP contribution in [0.1, 0.15) is 16.3 Å². The topological polar surface area (TPSA) is 59.7 Å². The van der Waals surface area contributed by atoms with E-state index in [0.29, 0.717) is 0 Å². The average molecular weight is 206 g/mol. The van der Waals surface area contributed by atoms with Crippen LogP contribution >= 0.6 is 0 Å². The predicted octanol–water partition coefficient (Wildman–Crippen LogP) is 1.76. The summed E-state index contributed by atoms with van der Waals surface area (Å²) in [6.45, 7) is -0.847. The van der Waals surface area contributed by atoms with Crippen molar-refractivity contribution in [3.05, 3.63) is 23.7 Å². The molecule has 1 rings (SSSR count). The highest BCUT2D eigenvalue weighted by Gasteiger charge is 2.09. The maximum Gasteiger partial charge on any atom is 0.371 e. The van der Waals surface area contributed by atoms with Crippen LogP contribution in [0.25, 0.3) is 0 Å². The van der Waals surface area contributed by atoms with Crippen molar-refractivity contribution in [2.45, 2.75) is 13.0 Å². The number of ether oxygens (including phenoxy) is 1. The van der Waals surface area contributed by atoms with Gasteiger partial charge in [-0.1, -0.05) is 0 Å². The lowest BCUT2D eigenvalue weighted by Crippen LogP contribution is -2.03. The summed E-state index contributed by atoms with van der Waals surface area (Å²) >= 11 is 0. The second-order valence-electron chi connectivity index (χ2n) is 2.48. The third kappa shape index (κ3) is 3.14. The quantitative estimate of drug-likeness (QED) is 0.797. The van der Waals surface area contributed by atoms with Crippen molar-refractivity contribution in [3.63, 3.8) is 0 Å². The van der Waals surface area contributed by atoms with Gasteiger partial charge in [-0.2, -0.15) is 0 Å². The molecule has 6 heteroatoms. The first kappa shape index (κ1) is 10.6. The van der Waals surface area contributed by atoms with Gasteiger partial charge in [0.15, 0.2) is 0 Å². The van der Waals surface area contributed by atoms with Gasteiger partial charge >= 0.3 is 5.97 Å². The molecule has 0 aromatic carbocycles. The molecule has 0 atom stereocenters. The zero-order valence-corrected chi connectivity index (χ0v) is 7.07. The molecular weight excluding hydrogens is 198 g/mol. The number of carboxylic acids is 1. The molecule has 14 heavy (non-hydrogen) atoms. The van der Waals surface area contributed by atoms with Gasteiger partial charge in [0.2, 0.25) is 5.76 Å². The molecular formula is C8H8F2O4. The summed E-state index contributed by atoms with van der Waals surface area (Å²) in [4.78, 5) is 10.3. The number of furan rings is 1. The number of hydrogen-bond acceptors (Lipinski definition) is 3. The Kier molecular flexibility index (Phi) is 3.58. The molecule has 1 heterocycles. The summed E-state index contributed by atoms with van der Waals surface area (Å²) in [6, 6.07) is 2.61. The van der Waals surface area contributed by atoms with E-state index in [-0.39, 0.29) is 18.1 Å². The maximum atomic E-state index is 11.6. The predicted molar refractivity (Wildman–Crippen MR) is 41.3 cm³/mol. The Morgan fingerprint density at radius 1 is 1.57 bits per heavy atom. The molecule has 0 saturated heterocycles. The number of alkyl halides is 2. The smallest absolute Gasteiger partial charge is 0.371 e. The minimum atomic E-state index is -2.54. The SMILES string of the molecule is O=C(O)c1ccc(COCC(F)F)o1. The molecule has 0 aliphatic carbocycles. The van der Waals surface area contributed by atoms with Crippen molar-refractivity contribution in [2.24, 2.45) is 0 Å². The number of carboxylic acid groups (broad SMARTS) is 1. The van der Waals surface area contributed by atoms with E-state index in [1.54, 1.807) is 0 Å². The minimum Gasteiger partial charge on any atom is -0.475 e. The van der Waals surface area contributed by atoms with Gasteiger partial charge in [0.05, 0.1) is 0 Å². The number of carbonyl (C=O) groups is 1. The Hall–Kier alpha value is -1.43. The van der Waals surface area contributed by atoms with E-state index in [4.69, 9.17) is 9.52 Å². The van der Waals surface area contributed by atoms with Crippen LogP contribution in [-0.2, 0) is 11.3 Å². The molecule has 4 nitrogen and oxygen atoms in total. The molecule has 1 aromatic heterocycles. The number of aromatic carboxylic acids is 1. The molecule has 0 radical (unpaired) electrons. The summed E-state index contributed by atoms with van der Waals surface area (Å²) in [6.07, 6.45) is -2.54. The number of rotatable bonds is 5. The van der Waals surface area contributed by atoms with Gasteiger partial charge in [-0.05, 0) is 12.1 Å². The number of halogens is 2. The second kappa shape index (κ2) is 4.71. The lowest BCUT2D eigenvalue weighted by molar-refractivity contribution is 0.00406. The Bertz CT molecular complexity index is 308. The van der Waals surface area contributed by atoms with E-state index < -0.39 is 19.0 Å².